The molecule has 0 fully saturated rings. The third-order valence-electron chi connectivity index (χ3n) is 17.1. The van der Waals surface area contributed by atoms with Crippen molar-refractivity contribution in [2.24, 2.45) is 0 Å². The normalized spacial score (nSPS) is 11.5. The molecule has 16 nitrogen and oxygen atoms in total. The summed E-state index contributed by atoms with van der Waals surface area (Å²) in [6, 6.07) is 95.7. The molecule has 0 aliphatic heterocycles. The van der Waals surface area contributed by atoms with Crippen LogP contribution in [0.5, 0.6) is 0 Å². The van der Waals surface area contributed by atoms with Gasteiger partial charge in [0.25, 0.3) is 5.89 Å². The van der Waals surface area contributed by atoms with Crippen molar-refractivity contribution in [2.75, 3.05) is 0 Å². The summed E-state index contributed by atoms with van der Waals surface area (Å²) in [5.41, 5.74) is 20.9. The lowest BCUT2D eigenvalue weighted by Gasteiger charge is -2.00. The molecule has 16 heteroatoms. The first-order valence-electron chi connectivity index (χ1n) is 31.3. The van der Waals surface area contributed by atoms with Gasteiger partial charge in [-0.2, -0.15) is 20.4 Å². The molecule has 0 atom stereocenters. The van der Waals surface area contributed by atoms with Crippen LogP contribution in [-0.4, -0.2) is 68.6 Å². The van der Waals surface area contributed by atoms with Crippen LogP contribution in [0.1, 0.15) is 0 Å². The zero-order valence-electron chi connectivity index (χ0n) is 50.9. The van der Waals surface area contributed by atoms with Crippen molar-refractivity contribution in [1.29, 1.82) is 0 Å². The molecular weight excluding hydrogens is 1190 g/mol. The largest absolute Gasteiger partial charge is 0.455 e. The van der Waals surface area contributed by atoms with E-state index in [0.717, 1.165) is 133 Å². The highest BCUT2D eigenvalue weighted by atomic mass is 16.4. The van der Waals surface area contributed by atoms with Crippen LogP contribution in [0.4, 0.5) is 0 Å². The van der Waals surface area contributed by atoms with E-state index in [9.17, 15) is 0 Å². The van der Waals surface area contributed by atoms with Crippen LogP contribution in [-0.2, 0) is 0 Å². The minimum atomic E-state index is 0.418. The van der Waals surface area contributed by atoms with Gasteiger partial charge in [0.15, 0.2) is 5.69 Å². The maximum atomic E-state index is 6.17. The van der Waals surface area contributed by atoms with E-state index in [2.05, 4.69) is 157 Å². The molecule has 0 unspecified atom stereocenters. The Balaban J connectivity index is 0.0000000935. The number of hydrogen-bond acceptors (Lipinski definition) is 12. The van der Waals surface area contributed by atoms with Gasteiger partial charge in [0.05, 0.1) is 83.8 Å². The highest BCUT2D eigenvalue weighted by Gasteiger charge is 2.18. The first-order valence-corrected chi connectivity index (χ1v) is 31.3. The molecule has 0 amide bonds. The maximum absolute atomic E-state index is 6.17. The predicted molar refractivity (Wildman–Crippen MR) is 379 cm³/mol. The number of para-hydroxylation sites is 8. The summed E-state index contributed by atoms with van der Waals surface area (Å²) in [5.74, 6) is 0.911. The Bertz CT molecular complexity index is 6330. The molecule has 13 heterocycles. The van der Waals surface area contributed by atoms with Gasteiger partial charge in [-0.1, -0.05) is 158 Å². The summed E-state index contributed by atoms with van der Waals surface area (Å²) < 4.78 is 19.8. The minimum absolute atomic E-state index is 0.418. The monoisotopic (exact) mass is 1240 g/mol. The van der Waals surface area contributed by atoms with Gasteiger partial charge < -0.3 is 8.83 Å². The van der Waals surface area contributed by atoms with Crippen LogP contribution in [0.2, 0.25) is 0 Å². The summed E-state index contributed by atoms with van der Waals surface area (Å²) in [6.45, 7) is 0. The Hall–Kier alpha value is -13.6. The van der Waals surface area contributed by atoms with E-state index in [1.807, 2.05) is 188 Å². The van der Waals surface area contributed by atoms with Crippen LogP contribution >= 0.6 is 0 Å². The van der Waals surface area contributed by atoms with Crippen LogP contribution < -0.4 is 0 Å². The second-order valence-electron chi connectivity index (χ2n) is 23.1. The summed E-state index contributed by atoms with van der Waals surface area (Å²) in [7, 11) is 0. The van der Waals surface area contributed by atoms with Gasteiger partial charge in [-0.05, 0) is 127 Å². The second-order valence-corrected chi connectivity index (χ2v) is 23.1. The fourth-order valence-corrected chi connectivity index (χ4v) is 12.5. The van der Waals surface area contributed by atoms with Gasteiger partial charge in [-0.15, -0.1) is 10.2 Å². The zero-order valence-corrected chi connectivity index (χ0v) is 50.9. The molecular formula is C80H50N14O2. The van der Waals surface area contributed by atoms with Gasteiger partial charge in [0.1, 0.15) is 22.6 Å². The standard InChI is InChI=1S/C23H14N2O.C19H12N4O.2C19H12N4/c1-3-10-21-15(6-1)12-13-16-14-20(24-25(16)21)19-9-5-8-18-17-7-2-4-11-22(17)26-23(18)19;1-2-7-14(8-3-1)18-20-21-19(24-18)16-12-15-11-10-13-6-4-5-9-17(13)23(15)22-16;1-4-8-19-13(5-1)9-10-14-11-17(22-23(14)19)18-12-20-15-6-2-3-7-16(15)21-18;1-2-6-19-13(4-1)7-8-15-11-17(22-23(15)19)14-10-18-16(21-12-14)5-3-9-20-18/h1-14H;1-12H;2*1-12H. The van der Waals surface area contributed by atoms with Gasteiger partial charge in [0.2, 0.25) is 5.89 Å². The van der Waals surface area contributed by atoms with Crippen molar-refractivity contribution >= 4 is 110 Å². The third kappa shape index (κ3) is 10.1. The minimum Gasteiger partial charge on any atom is -0.455 e. The molecule has 0 spiro atoms. The van der Waals surface area contributed by atoms with Crippen LogP contribution in [0.15, 0.2) is 313 Å². The molecule has 0 saturated heterocycles. The van der Waals surface area contributed by atoms with E-state index in [-0.39, 0.29) is 0 Å². The number of furan rings is 1. The van der Waals surface area contributed by atoms with E-state index in [1.54, 1.807) is 12.4 Å². The predicted octanol–water partition coefficient (Wildman–Crippen LogP) is 18.5. The lowest BCUT2D eigenvalue weighted by molar-refractivity contribution is 0.581. The van der Waals surface area contributed by atoms with Gasteiger partial charge in [-0.3, -0.25) is 15.0 Å². The summed E-state index contributed by atoms with van der Waals surface area (Å²) in [5, 5.41) is 34.2. The third-order valence-corrected chi connectivity index (χ3v) is 17.1. The van der Waals surface area contributed by atoms with Crippen LogP contribution in [0.25, 0.3) is 167 Å². The smallest absolute Gasteiger partial charge is 0.268 e. The molecule has 8 aromatic carbocycles. The number of aromatic nitrogens is 14. The lowest BCUT2D eigenvalue weighted by Crippen LogP contribution is -1.92. The molecule has 0 aliphatic rings. The lowest BCUT2D eigenvalue weighted by atomic mass is 10.1. The highest BCUT2D eigenvalue weighted by molar-refractivity contribution is 6.09. The van der Waals surface area contributed by atoms with E-state index in [0.29, 0.717) is 17.5 Å². The SMILES string of the molecule is c1ccc(-c2nnc(-c3cc4ccc5ccccc5n4n3)o2)cc1.c1ccc2c(c1)ccc1cc(-c3cccc4c3oc3ccccc34)nn12.c1ccc2c(c1)ccc1cc(-c3cnc4ccccc4n3)nn12.c1ccc2c(c1)ccc1cc(-c3cnc4cccnc4c3)nn12. The number of nitrogens with zero attached hydrogens (tertiary/aromatic N) is 14. The number of pyridine rings is 6. The molecule has 0 N–H and O–H groups in total. The number of hydrogen-bond donors (Lipinski definition) is 0. The van der Waals surface area contributed by atoms with Gasteiger partial charge in [0, 0.05) is 61.4 Å². The fraction of sp³-hybridized carbons (Fsp3) is 0. The fourth-order valence-electron chi connectivity index (χ4n) is 12.5. The number of benzene rings is 8. The molecule has 0 radical (unpaired) electrons. The van der Waals surface area contributed by atoms with Gasteiger partial charge >= 0.3 is 0 Å². The average Bonchev–Trinajstić information content (AvgIpc) is 1.62. The Labute approximate surface area is 544 Å². The highest BCUT2D eigenvalue weighted by Crippen LogP contribution is 2.37. The van der Waals surface area contributed by atoms with Crippen molar-refractivity contribution in [2.45, 2.75) is 0 Å². The van der Waals surface area contributed by atoms with Crippen LogP contribution in [0.3, 0.4) is 0 Å². The number of fused-ring (bicyclic) bond motifs is 17. The van der Waals surface area contributed by atoms with E-state index in [1.165, 1.54) is 16.2 Å². The Morgan fingerprint density at radius 1 is 0.281 bits per heavy atom. The quantitative estimate of drug-likeness (QED) is 0.160. The molecule has 452 valence electrons. The van der Waals surface area contributed by atoms with Crippen molar-refractivity contribution in [1.82, 2.24) is 68.6 Å². The zero-order chi connectivity index (χ0) is 63.5. The number of rotatable bonds is 5. The van der Waals surface area contributed by atoms with Crippen molar-refractivity contribution in [3.8, 4) is 56.9 Å². The topological polar surface area (TPSA) is 173 Å². The van der Waals surface area contributed by atoms with E-state index >= 15 is 0 Å². The molecule has 0 aliphatic carbocycles. The Morgan fingerprint density at radius 3 is 1.42 bits per heavy atom. The average molecular weight is 1240 g/mol. The summed E-state index contributed by atoms with van der Waals surface area (Å²) in [6.07, 6.45) is 5.42. The molecule has 0 saturated carbocycles. The van der Waals surface area contributed by atoms with Crippen LogP contribution in [0, 0.1) is 0 Å². The van der Waals surface area contributed by atoms with Crippen molar-refractivity contribution < 1.29 is 8.83 Å². The first kappa shape index (κ1) is 55.3. The summed E-state index contributed by atoms with van der Waals surface area (Å²) in [4.78, 5) is 18.0. The molecule has 21 rings (SSSR count). The maximum Gasteiger partial charge on any atom is 0.268 e. The molecule has 0 bridgehead atoms. The van der Waals surface area contributed by atoms with E-state index < -0.39 is 0 Å². The first-order chi connectivity index (χ1) is 47.5. The van der Waals surface area contributed by atoms with Crippen molar-refractivity contribution in [3.05, 3.63) is 304 Å². The summed E-state index contributed by atoms with van der Waals surface area (Å²) >= 11 is 0. The Morgan fingerprint density at radius 2 is 0.760 bits per heavy atom. The molecule has 21 aromatic rings. The molecule has 96 heavy (non-hydrogen) atoms. The molecule has 13 aromatic heterocycles. The van der Waals surface area contributed by atoms with E-state index in [4.69, 9.17) is 24.1 Å². The second kappa shape index (κ2) is 23.3. The Kier molecular flexibility index (Phi) is 13.4. The van der Waals surface area contributed by atoms with Crippen molar-refractivity contribution in [3.63, 3.8) is 0 Å². The van der Waals surface area contributed by atoms with Gasteiger partial charge in [-0.25, -0.2) is 23.0 Å².